The van der Waals surface area contributed by atoms with Crippen molar-refractivity contribution in [2.75, 3.05) is 11.4 Å². The highest BCUT2D eigenvalue weighted by Gasteiger charge is 2.13. The Labute approximate surface area is 117 Å². The van der Waals surface area contributed by atoms with Gasteiger partial charge in [-0.05, 0) is 18.6 Å². The summed E-state index contributed by atoms with van der Waals surface area (Å²) >= 11 is 0. The second-order valence-corrected chi connectivity index (χ2v) is 4.41. The number of hydrogen-bond acceptors (Lipinski definition) is 4. The van der Waals surface area contributed by atoms with Gasteiger partial charge in [0.25, 0.3) is 0 Å². The molecule has 0 bridgehead atoms. The van der Waals surface area contributed by atoms with E-state index in [1.54, 1.807) is 6.20 Å². The fraction of sp³-hybridized carbons (Fsp3) is 0.267. The van der Waals surface area contributed by atoms with Gasteiger partial charge in [0.2, 0.25) is 0 Å². The van der Waals surface area contributed by atoms with Gasteiger partial charge >= 0.3 is 5.97 Å². The van der Waals surface area contributed by atoms with Crippen molar-refractivity contribution in [2.45, 2.75) is 19.8 Å². The van der Waals surface area contributed by atoms with Gasteiger partial charge in [0.1, 0.15) is 0 Å². The number of benzene rings is 1. The van der Waals surface area contributed by atoms with Crippen LogP contribution in [0.5, 0.6) is 0 Å². The first-order valence-electron chi connectivity index (χ1n) is 6.60. The molecule has 1 heterocycles. The third-order valence-electron chi connectivity index (χ3n) is 2.92. The smallest absolute Gasteiger partial charge is 0.356 e. The molecule has 104 valence electrons. The molecule has 1 aromatic heterocycles. The molecule has 1 aromatic carbocycles. The summed E-state index contributed by atoms with van der Waals surface area (Å²) in [5.74, 6) is -0.507. The minimum Gasteiger partial charge on any atom is -0.476 e. The fourth-order valence-electron chi connectivity index (χ4n) is 1.89. The van der Waals surface area contributed by atoms with Crippen LogP contribution in [0.1, 0.15) is 30.3 Å². The van der Waals surface area contributed by atoms with E-state index in [-0.39, 0.29) is 5.69 Å². The molecule has 0 aliphatic carbocycles. The molecule has 0 fully saturated rings. The molecule has 0 unspecified atom stereocenters. The van der Waals surface area contributed by atoms with Crippen LogP contribution < -0.4 is 4.90 Å². The Morgan fingerprint density at radius 2 is 2.00 bits per heavy atom. The zero-order valence-corrected chi connectivity index (χ0v) is 11.4. The molecule has 5 nitrogen and oxygen atoms in total. The molecule has 0 aliphatic rings. The van der Waals surface area contributed by atoms with E-state index in [0.717, 1.165) is 25.1 Å². The Morgan fingerprint density at radius 3 is 2.65 bits per heavy atom. The Kier molecular flexibility index (Phi) is 4.65. The van der Waals surface area contributed by atoms with E-state index in [4.69, 9.17) is 5.11 Å². The molecule has 20 heavy (non-hydrogen) atoms. The molecule has 2 rings (SSSR count). The number of aromatic carboxylic acids is 1. The molecule has 0 aliphatic heterocycles. The third-order valence-corrected chi connectivity index (χ3v) is 2.92. The molecule has 0 radical (unpaired) electrons. The van der Waals surface area contributed by atoms with Crippen molar-refractivity contribution in [2.24, 2.45) is 0 Å². The van der Waals surface area contributed by atoms with Crippen molar-refractivity contribution in [3.8, 4) is 0 Å². The van der Waals surface area contributed by atoms with E-state index < -0.39 is 5.97 Å². The van der Waals surface area contributed by atoms with Crippen LogP contribution >= 0.6 is 0 Å². The van der Waals surface area contributed by atoms with Crippen LogP contribution in [0.3, 0.4) is 0 Å². The second kappa shape index (κ2) is 6.65. The minimum atomic E-state index is -1.07. The number of anilines is 2. The van der Waals surface area contributed by atoms with Gasteiger partial charge < -0.3 is 10.0 Å². The van der Waals surface area contributed by atoms with Gasteiger partial charge in [-0.25, -0.2) is 9.78 Å². The maximum absolute atomic E-state index is 11.0. The number of rotatable bonds is 6. The second-order valence-electron chi connectivity index (χ2n) is 4.41. The van der Waals surface area contributed by atoms with Crippen molar-refractivity contribution in [3.63, 3.8) is 0 Å². The number of para-hydroxylation sites is 1. The lowest BCUT2D eigenvalue weighted by atomic mass is 10.2. The molecular formula is C15H17N3O2. The van der Waals surface area contributed by atoms with Crippen LogP contribution in [-0.4, -0.2) is 27.6 Å². The summed E-state index contributed by atoms with van der Waals surface area (Å²) in [7, 11) is 0. The van der Waals surface area contributed by atoms with Gasteiger partial charge in [0, 0.05) is 12.2 Å². The van der Waals surface area contributed by atoms with Gasteiger partial charge in [-0.3, -0.25) is 4.98 Å². The molecule has 1 N–H and O–H groups in total. The number of carboxylic acid groups (broad SMARTS) is 1. The summed E-state index contributed by atoms with van der Waals surface area (Å²) < 4.78 is 0. The standard InChI is InChI=1S/C15H17N3O2/c1-2-3-9-18(12-7-5-4-6-8-12)14-11-16-10-13(17-14)15(19)20/h4-8,10-11H,2-3,9H2,1H3,(H,19,20). The van der Waals surface area contributed by atoms with E-state index in [2.05, 4.69) is 16.9 Å². The van der Waals surface area contributed by atoms with Gasteiger partial charge in [-0.15, -0.1) is 0 Å². The Morgan fingerprint density at radius 1 is 1.25 bits per heavy atom. The minimum absolute atomic E-state index is 0.0417. The van der Waals surface area contributed by atoms with Gasteiger partial charge in [0.15, 0.2) is 11.5 Å². The highest BCUT2D eigenvalue weighted by atomic mass is 16.4. The SMILES string of the molecule is CCCCN(c1ccccc1)c1cncc(C(=O)O)n1. The lowest BCUT2D eigenvalue weighted by Crippen LogP contribution is -2.20. The molecule has 0 spiro atoms. The number of aromatic nitrogens is 2. The fourth-order valence-corrected chi connectivity index (χ4v) is 1.89. The quantitative estimate of drug-likeness (QED) is 0.874. The van der Waals surface area contributed by atoms with Gasteiger partial charge in [0.05, 0.1) is 12.4 Å². The van der Waals surface area contributed by atoms with E-state index in [1.807, 2.05) is 35.2 Å². The first-order valence-corrected chi connectivity index (χ1v) is 6.60. The topological polar surface area (TPSA) is 66.3 Å². The summed E-state index contributed by atoms with van der Waals surface area (Å²) in [6.07, 6.45) is 4.90. The van der Waals surface area contributed by atoms with Crippen LogP contribution in [0, 0.1) is 0 Å². The van der Waals surface area contributed by atoms with Gasteiger partial charge in [-0.1, -0.05) is 31.5 Å². The largest absolute Gasteiger partial charge is 0.476 e. The third kappa shape index (κ3) is 3.32. The van der Waals surface area contributed by atoms with E-state index in [9.17, 15) is 4.79 Å². The Balaban J connectivity index is 2.36. The molecule has 0 atom stereocenters. The lowest BCUT2D eigenvalue weighted by Gasteiger charge is -2.23. The number of carbonyl (C=O) groups is 1. The molecule has 2 aromatic rings. The van der Waals surface area contributed by atoms with E-state index in [0.29, 0.717) is 5.82 Å². The van der Waals surface area contributed by atoms with Crippen LogP contribution in [0.2, 0.25) is 0 Å². The highest BCUT2D eigenvalue weighted by Crippen LogP contribution is 2.23. The predicted octanol–water partition coefficient (Wildman–Crippen LogP) is 3.11. The predicted molar refractivity (Wildman–Crippen MR) is 77.3 cm³/mol. The summed E-state index contributed by atoms with van der Waals surface area (Å²) in [5, 5.41) is 9.02. The van der Waals surface area contributed by atoms with E-state index >= 15 is 0 Å². The molecule has 0 saturated carbocycles. The monoisotopic (exact) mass is 271 g/mol. The van der Waals surface area contributed by atoms with Crippen molar-refractivity contribution >= 4 is 17.5 Å². The average molecular weight is 271 g/mol. The first-order chi connectivity index (χ1) is 9.72. The molecule has 0 saturated heterocycles. The van der Waals surface area contributed by atoms with Crippen LogP contribution in [0.4, 0.5) is 11.5 Å². The summed E-state index contributed by atoms with van der Waals surface area (Å²) in [5.41, 5.74) is 0.942. The zero-order valence-electron chi connectivity index (χ0n) is 11.4. The van der Waals surface area contributed by atoms with Crippen molar-refractivity contribution < 1.29 is 9.90 Å². The van der Waals surface area contributed by atoms with E-state index in [1.165, 1.54) is 6.20 Å². The average Bonchev–Trinajstić information content (AvgIpc) is 2.49. The maximum Gasteiger partial charge on any atom is 0.356 e. The maximum atomic E-state index is 11.0. The number of unbranched alkanes of at least 4 members (excludes halogenated alkanes) is 1. The first kappa shape index (κ1) is 14.0. The lowest BCUT2D eigenvalue weighted by molar-refractivity contribution is 0.0690. The molecular weight excluding hydrogens is 254 g/mol. The summed E-state index contributed by atoms with van der Waals surface area (Å²) in [6.45, 7) is 2.89. The normalized spacial score (nSPS) is 10.2. The highest BCUT2D eigenvalue weighted by molar-refractivity contribution is 5.85. The zero-order chi connectivity index (χ0) is 14.4. The van der Waals surface area contributed by atoms with Crippen LogP contribution in [-0.2, 0) is 0 Å². The Hall–Kier alpha value is -2.43. The number of nitrogens with zero attached hydrogens (tertiary/aromatic N) is 3. The summed E-state index contributed by atoms with van der Waals surface area (Å²) in [4.78, 5) is 21.1. The van der Waals surface area contributed by atoms with Crippen LogP contribution in [0.25, 0.3) is 0 Å². The molecule has 0 amide bonds. The Bertz CT molecular complexity index is 572. The van der Waals surface area contributed by atoms with Crippen molar-refractivity contribution in [1.29, 1.82) is 0 Å². The van der Waals surface area contributed by atoms with Gasteiger partial charge in [-0.2, -0.15) is 0 Å². The van der Waals surface area contributed by atoms with Crippen molar-refractivity contribution in [3.05, 3.63) is 48.4 Å². The number of hydrogen-bond donors (Lipinski definition) is 1. The molecule has 5 heteroatoms. The summed E-state index contributed by atoms with van der Waals surface area (Å²) in [6, 6.07) is 9.79. The van der Waals surface area contributed by atoms with Crippen LogP contribution in [0.15, 0.2) is 42.7 Å². The van der Waals surface area contributed by atoms with Crippen molar-refractivity contribution in [1.82, 2.24) is 9.97 Å². The number of carboxylic acids is 1.